The van der Waals surface area contributed by atoms with Crippen LogP contribution in [-0.2, 0) is 26.9 Å². The quantitative estimate of drug-likeness (QED) is 0.646. The zero-order chi connectivity index (χ0) is 21.4. The summed E-state index contributed by atoms with van der Waals surface area (Å²) < 4.78 is 43.0. The summed E-state index contributed by atoms with van der Waals surface area (Å²) in [5, 5.41) is 2.86. The molecule has 156 valence electrons. The van der Waals surface area contributed by atoms with Gasteiger partial charge in [-0.1, -0.05) is 49.4 Å². The van der Waals surface area contributed by atoms with E-state index in [9.17, 15) is 22.8 Å². The fourth-order valence-corrected chi connectivity index (χ4v) is 2.91. The van der Waals surface area contributed by atoms with Crippen molar-refractivity contribution in [1.29, 1.82) is 0 Å². The van der Waals surface area contributed by atoms with E-state index in [4.69, 9.17) is 4.74 Å². The highest BCUT2D eigenvalue weighted by molar-refractivity contribution is 5.80. The van der Waals surface area contributed by atoms with Crippen LogP contribution in [0.5, 0.6) is 0 Å². The first-order chi connectivity index (χ1) is 13.7. The van der Waals surface area contributed by atoms with Crippen molar-refractivity contribution in [3.05, 3.63) is 71.3 Å². The first kappa shape index (κ1) is 22.5. The molecular weight excluding hydrogens is 383 g/mol. The van der Waals surface area contributed by atoms with Crippen molar-refractivity contribution in [2.24, 2.45) is 5.92 Å². The summed E-state index contributed by atoms with van der Waals surface area (Å²) in [6.45, 7) is 3.65. The van der Waals surface area contributed by atoms with Crippen molar-refractivity contribution in [3.8, 4) is 0 Å². The lowest BCUT2D eigenvalue weighted by Gasteiger charge is -2.21. The standard InChI is InChI=1S/C22H24F3NO3/c1-3-29-20(27)14-19(17-7-5-4-6-8-17)26-21(28)15(2)13-16-9-11-18(12-10-16)22(23,24)25/h4-12,15,19H,3,13-14H2,1-2H3,(H,26,28). The molecule has 0 aliphatic heterocycles. The molecule has 2 atom stereocenters. The van der Waals surface area contributed by atoms with Crippen molar-refractivity contribution in [1.82, 2.24) is 5.32 Å². The highest BCUT2D eigenvalue weighted by Gasteiger charge is 2.30. The van der Waals surface area contributed by atoms with E-state index in [1.165, 1.54) is 12.1 Å². The predicted octanol–water partition coefficient (Wildman–Crippen LogP) is 4.69. The fraction of sp³-hybridized carbons (Fsp3) is 0.364. The van der Waals surface area contributed by atoms with E-state index in [2.05, 4.69) is 5.32 Å². The van der Waals surface area contributed by atoms with Gasteiger partial charge in [-0.05, 0) is 36.6 Å². The van der Waals surface area contributed by atoms with Crippen molar-refractivity contribution in [3.63, 3.8) is 0 Å². The van der Waals surface area contributed by atoms with Crippen LogP contribution in [0.2, 0.25) is 0 Å². The van der Waals surface area contributed by atoms with Crippen molar-refractivity contribution < 1.29 is 27.5 Å². The molecule has 0 saturated carbocycles. The van der Waals surface area contributed by atoms with Crippen LogP contribution >= 0.6 is 0 Å². The maximum absolute atomic E-state index is 12.7. The molecule has 0 spiro atoms. The van der Waals surface area contributed by atoms with Gasteiger partial charge in [0, 0.05) is 5.92 Å². The molecule has 7 heteroatoms. The molecule has 0 aliphatic rings. The SMILES string of the molecule is CCOC(=O)CC(NC(=O)C(C)Cc1ccc(C(F)(F)F)cc1)c1ccccc1. The lowest BCUT2D eigenvalue weighted by molar-refractivity contribution is -0.144. The number of carbonyl (C=O) groups is 2. The van der Waals surface area contributed by atoms with Crippen LogP contribution < -0.4 is 5.32 Å². The van der Waals surface area contributed by atoms with Gasteiger partial charge in [0.2, 0.25) is 5.91 Å². The number of rotatable bonds is 8. The zero-order valence-electron chi connectivity index (χ0n) is 16.3. The van der Waals surface area contributed by atoms with Gasteiger partial charge < -0.3 is 10.1 Å². The van der Waals surface area contributed by atoms with Gasteiger partial charge in [0.05, 0.1) is 24.6 Å². The van der Waals surface area contributed by atoms with Gasteiger partial charge in [0.25, 0.3) is 0 Å². The van der Waals surface area contributed by atoms with Gasteiger partial charge in [-0.2, -0.15) is 13.2 Å². The van der Waals surface area contributed by atoms with E-state index >= 15 is 0 Å². The Balaban J connectivity index is 2.04. The normalized spacial score (nSPS) is 13.4. The smallest absolute Gasteiger partial charge is 0.416 e. The van der Waals surface area contributed by atoms with Gasteiger partial charge in [-0.15, -0.1) is 0 Å². The summed E-state index contributed by atoms with van der Waals surface area (Å²) >= 11 is 0. The van der Waals surface area contributed by atoms with Crippen molar-refractivity contribution in [2.45, 2.75) is 38.9 Å². The Morgan fingerprint density at radius 1 is 1.03 bits per heavy atom. The number of amides is 1. The molecule has 0 aromatic heterocycles. The summed E-state index contributed by atoms with van der Waals surface area (Å²) in [7, 11) is 0. The van der Waals surface area contributed by atoms with Gasteiger partial charge in [0.1, 0.15) is 0 Å². The monoisotopic (exact) mass is 407 g/mol. The second-order valence-electron chi connectivity index (χ2n) is 6.78. The molecule has 2 aromatic carbocycles. The minimum absolute atomic E-state index is 0.00338. The maximum Gasteiger partial charge on any atom is 0.416 e. The fourth-order valence-electron chi connectivity index (χ4n) is 2.91. The largest absolute Gasteiger partial charge is 0.466 e. The Bertz CT molecular complexity index is 804. The minimum atomic E-state index is -4.39. The number of hydrogen-bond donors (Lipinski definition) is 1. The van der Waals surface area contributed by atoms with Crippen LogP contribution in [0.3, 0.4) is 0 Å². The summed E-state index contributed by atoms with van der Waals surface area (Å²) in [4.78, 5) is 24.6. The molecule has 1 amide bonds. The summed E-state index contributed by atoms with van der Waals surface area (Å²) in [5.74, 6) is -1.19. The van der Waals surface area contributed by atoms with E-state index in [0.717, 1.165) is 17.7 Å². The molecule has 0 heterocycles. The number of benzene rings is 2. The summed E-state index contributed by atoms with van der Waals surface area (Å²) in [5.41, 5.74) is 0.676. The molecule has 29 heavy (non-hydrogen) atoms. The molecular formula is C22H24F3NO3. The molecule has 2 aromatic rings. The molecule has 0 fully saturated rings. The van der Waals surface area contributed by atoms with Crippen LogP contribution in [-0.4, -0.2) is 18.5 Å². The third-order valence-corrected chi connectivity index (χ3v) is 4.47. The average Bonchev–Trinajstić information content (AvgIpc) is 2.68. The number of esters is 1. The Hall–Kier alpha value is -2.83. The van der Waals surface area contributed by atoms with Gasteiger partial charge in [0.15, 0.2) is 0 Å². The number of alkyl halides is 3. The molecule has 0 aliphatic carbocycles. The third-order valence-electron chi connectivity index (χ3n) is 4.47. The average molecular weight is 407 g/mol. The predicted molar refractivity (Wildman–Crippen MR) is 103 cm³/mol. The zero-order valence-corrected chi connectivity index (χ0v) is 16.3. The minimum Gasteiger partial charge on any atom is -0.466 e. The lowest BCUT2D eigenvalue weighted by atomic mass is 9.97. The number of nitrogens with one attached hydrogen (secondary N) is 1. The van der Waals surface area contributed by atoms with E-state index in [1.54, 1.807) is 13.8 Å². The van der Waals surface area contributed by atoms with Gasteiger partial charge >= 0.3 is 12.1 Å². The number of carbonyl (C=O) groups excluding carboxylic acids is 2. The van der Waals surface area contributed by atoms with Crippen LogP contribution in [0.4, 0.5) is 13.2 Å². The number of hydrogen-bond acceptors (Lipinski definition) is 3. The van der Waals surface area contributed by atoms with E-state index < -0.39 is 29.7 Å². The summed E-state index contributed by atoms with van der Waals surface area (Å²) in [6.07, 6.45) is -4.11. The third kappa shape index (κ3) is 6.93. The highest BCUT2D eigenvalue weighted by Crippen LogP contribution is 2.29. The number of ether oxygens (including phenoxy) is 1. The van der Waals surface area contributed by atoms with Crippen LogP contribution in [0.25, 0.3) is 0 Å². The van der Waals surface area contributed by atoms with E-state index in [0.29, 0.717) is 5.56 Å². The second-order valence-corrected chi connectivity index (χ2v) is 6.78. The van der Waals surface area contributed by atoms with E-state index in [1.807, 2.05) is 30.3 Å². The van der Waals surface area contributed by atoms with Gasteiger partial charge in [-0.3, -0.25) is 9.59 Å². The topological polar surface area (TPSA) is 55.4 Å². The second kappa shape index (κ2) is 10.1. The first-order valence-corrected chi connectivity index (χ1v) is 9.37. The molecule has 1 N–H and O–H groups in total. The Morgan fingerprint density at radius 3 is 2.21 bits per heavy atom. The molecule has 4 nitrogen and oxygen atoms in total. The first-order valence-electron chi connectivity index (χ1n) is 9.37. The number of halogens is 3. The Morgan fingerprint density at radius 2 is 1.66 bits per heavy atom. The molecule has 0 saturated heterocycles. The van der Waals surface area contributed by atoms with E-state index in [-0.39, 0.29) is 25.4 Å². The molecule has 2 rings (SSSR count). The maximum atomic E-state index is 12.7. The van der Waals surface area contributed by atoms with Crippen LogP contribution in [0, 0.1) is 5.92 Å². The molecule has 0 radical (unpaired) electrons. The van der Waals surface area contributed by atoms with Crippen LogP contribution in [0.1, 0.15) is 43.0 Å². The van der Waals surface area contributed by atoms with Crippen molar-refractivity contribution >= 4 is 11.9 Å². The lowest BCUT2D eigenvalue weighted by Crippen LogP contribution is -2.35. The Kier molecular flexibility index (Phi) is 7.82. The highest BCUT2D eigenvalue weighted by atomic mass is 19.4. The van der Waals surface area contributed by atoms with Crippen molar-refractivity contribution in [2.75, 3.05) is 6.61 Å². The van der Waals surface area contributed by atoms with Gasteiger partial charge in [-0.25, -0.2) is 0 Å². The Labute approximate surface area is 168 Å². The van der Waals surface area contributed by atoms with Crippen LogP contribution in [0.15, 0.2) is 54.6 Å². The summed E-state index contributed by atoms with van der Waals surface area (Å²) in [6, 6.07) is 13.3. The molecule has 2 unspecified atom stereocenters. The molecule has 0 bridgehead atoms.